The Morgan fingerprint density at radius 3 is 1.33 bits per heavy atom. The molecule has 1 unspecified atom stereocenters. The van der Waals surface area contributed by atoms with Gasteiger partial charge in [0.1, 0.15) is 16.2 Å². The van der Waals surface area contributed by atoms with Crippen molar-refractivity contribution < 1.29 is 37.1 Å². The van der Waals surface area contributed by atoms with Crippen molar-refractivity contribution >= 4 is 97.7 Å². The highest BCUT2D eigenvalue weighted by atomic mass is 127. The Labute approximate surface area is 438 Å². The van der Waals surface area contributed by atoms with Gasteiger partial charge in [0.2, 0.25) is 0 Å². The molecule has 10 rings (SSSR count). The van der Waals surface area contributed by atoms with Crippen LogP contribution < -0.4 is 0 Å². The second-order valence-electron chi connectivity index (χ2n) is 18.0. The van der Waals surface area contributed by atoms with Crippen LogP contribution >= 0.6 is 56.9 Å². The van der Waals surface area contributed by atoms with E-state index in [2.05, 4.69) is 32.6 Å². The molecular weight excluding hydrogens is 1150 g/mol. The van der Waals surface area contributed by atoms with Crippen molar-refractivity contribution in [1.82, 2.24) is 19.8 Å². The molecule has 12 nitrogen and oxygen atoms in total. The number of benzene rings is 4. The average molecular weight is 1200 g/mol. The average Bonchev–Trinajstić information content (AvgIpc) is 3.70. The van der Waals surface area contributed by atoms with Crippen LogP contribution in [0.3, 0.4) is 0 Å². The van der Waals surface area contributed by atoms with Gasteiger partial charge in [-0.3, -0.25) is 19.6 Å². The number of esters is 2. The second-order valence-corrected chi connectivity index (χ2v) is 24.4. The predicted octanol–water partition coefficient (Wildman–Crippen LogP) is 9.93. The van der Waals surface area contributed by atoms with E-state index >= 15 is 0 Å². The van der Waals surface area contributed by atoms with Gasteiger partial charge in [0.15, 0.2) is 33.5 Å². The molecule has 70 heavy (non-hydrogen) atoms. The lowest BCUT2D eigenvalue weighted by Crippen LogP contribution is -2.59. The minimum atomic E-state index is -3.95. The van der Waals surface area contributed by atoms with Gasteiger partial charge in [-0.25, -0.2) is 18.0 Å². The fourth-order valence-electron chi connectivity index (χ4n) is 9.23. The van der Waals surface area contributed by atoms with Crippen LogP contribution in [0.4, 0.5) is 0 Å². The molecule has 4 saturated heterocycles. The molecule has 0 bridgehead atoms. The number of carbonyl (C=O) groups is 4. The lowest BCUT2D eigenvalue weighted by molar-refractivity contribution is -0.160. The van der Waals surface area contributed by atoms with E-state index in [1.165, 1.54) is 13.8 Å². The van der Waals surface area contributed by atoms with E-state index < -0.39 is 66.8 Å². The Morgan fingerprint density at radius 1 is 0.557 bits per heavy atom. The summed E-state index contributed by atoms with van der Waals surface area (Å²) in [4.78, 5) is 65.4. The van der Waals surface area contributed by atoms with Gasteiger partial charge in [0, 0.05) is 17.1 Å². The Kier molecular flexibility index (Phi) is 14.0. The molecular formula is C54H46I2N4O8S2. The summed E-state index contributed by atoms with van der Waals surface area (Å²) in [5.74, 6) is -1.78. The van der Waals surface area contributed by atoms with E-state index in [1.54, 1.807) is 47.3 Å². The van der Waals surface area contributed by atoms with Crippen LogP contribution in [0.5, 0.6) is 0 Å². The molecule has 0 aliphatic carbocycles. The van der Waals surface area contributed by atoms with Gasteiger partial charge in [-0.05, 0) is 119 Å². The third-order valence-corrected chi connectivity index (χ3v) is 19.3. The molecule has 6 heterocycles. The van der Waals surface area contributed by atoms with Gasteiger partial charge in [-0.15, -0.1) is 11.8 Å². The summed E-state index contributed by atoms with van der Waals surface area (Å²) in [6.45, 7) is 6.96. The summed E-state index contributed by atoms with van der Waals surface area (Å²) < 4.78 is 38.7. The number of nitrogens with zero attached hydrogens (tertiary/aromatic N) is 4. The minimum absolute atomic E-state index is 0.129. The molecule has 4 atom stereocenters. The molecule has 4 aromatic carbocycles. The lowest BCUT2D eigenvalue weighted by Gasteiger charge is -2.40. The van der Waals surface area contributed by atoms with Crippen molar-refractivity contribution in [2.45, 2.75) is 72.2 Å². The number of amides is 2. The minimum Gasteiger partial charge on any atom is -0.451 e. The lowest BCUT2D eigenvalue weighted by atomic mass is 9.94. The highest BCUT2D eigenvalue weighted by Gasteiger charge is 2.71. The van der Waals surface area contributed by atoms with E-state index in [1.807, 2.05) is 176 Å². The van der Waals surface area contributed by atoms with Crippen molar-refractivity contribution in [2.75, 3.05) is 0 Å². The SMILES string of the molecule is CC1(C)SC2/C(=C(/I)c3ccccn3)C(=O)N2[C@H]1C(=O)OC(c1ccccc1)c1ccccc1.CC1(C)[C@H](C(=O)OC(c2ccccc2)c2ccccc2)N2C(=O)/C(=C(\I)c3ccccn3)[C@H]2S1(=O)=O. The maximum atomic E-state index is 13.7. The van der Waals surface area contributed by atoms with Crippen LogP contribution in [0, 0.1) is 0 Å². The number of thioether (sulfide) groups is 1. The number of fused-ring (bicyclic) bond motifs is 2. The number of halogens is 2. The molecule has 2 amide bonds. The van der Waals surface area contributed by atoms with E-state index in [9.17, 15) is 27.6 Å². The summed E-state index contributed by atoms with van der Waals surface area (Å²) in [5, 5.41) is -1.42. The molecule has 2 aromatic heterocycles. The Balaban J connectivity index is 0.000000174. The number of sulfone groups is 1. The van der Waals surface area contributed by atoms with E-state index in [-0.39, 0.29) is 16.9 Å². The van der Waals surface area contributed by atoms with E-state index in [0.717, 1.165) is 36.4 Å². The topological polar surface area (TPSA) is 153 Å². The number of β-lactam (4-membered cyclic amide) rings is 2. The number of pyridine rings is 2. The van der Waals surface area contributed by atoms with Crippen LogP contribution in [-0.2, 0) is 38.5 Å². The third kappa shape index (κ3) is 8.89. The number of aromatic nitrogens is 2. The first-order valence-electron chi connectivity index (χ1n) is 22.3. The number of carbonyl (C=O) groups excluding carboxylic acids is 4. The van der Waals surface area contributed by atoms with Gasteiger partial charge >= 0.3 is 11.9 Å². The van der Waals surface area contributed by atoms with Crippen molar-refractivity contribution in [1.29, 1.82) is 0 Å². The summed E-state index contributed by atoms with van der Waals surface area (Å²) in [6, 6.07) is 46.8. The van der Waals surface area contributed by atoms with E-state index in [0.29, 0.717) is 14.8 Å². The smallest absolute Gasteiger partial charge is 0.331 e. The first-order valence-corrected chi connectivity index (χ1v) is 26.9. The number of rotatable bonds is 10. The fourth-order valence-corrected chi connectivity index (χ4v) is 15.1. The second kappa shape index (κ2) is 19.8. The molecule has 16 heteroatoms. The third-order valence-electron chi connectivity index (χ3n) is 12.8. The molecule has 0 radical (unpaired) electrons. The highest BCUT2D eigenvalue weighted by Crippen LogP contribution is 2.56. The summed E-state index contributed by atoms with van der Waals surface area (Å²) in [7, 11) is -3.95. The predicted molar refractivity (Wildman–Crippen MR) is 286 cm³/mol. The van der Waals surface area contributed by atoms with Crippen molar-refractivity contribution in [2.24, 2.45) is 0 Å². The molecule has 4 aliphatic heterocycles. The number of hydrogen-bond acceptors (Lipinski definition) is 11. The standard InChI is InChI=1S/C27H23IN2O5S.C27H23IN2O3S/c1-27(2)23(26(32)35-22(17-11-5-3-6-12-17)18-13-7-4-8-14-18)30-24(31)20(25(30)36(27,33)34)21(28)19-15-9-10-16-29-19;1-27(2)23(30-24(31)20(25(30)34-27)21(28)19-15-9-10-16-29-19)26(32)33-22(17-11-5-3-6-12-17)18-13-7-4-8-14-18/h3-16,22-23,25H,1-2H3;3-16,22-23,25H,1-2H3/b2*21-20+/t23-,25+;23-,25?/m00/s1. The van der Waals surface area contributed by atoms with Crippen LogP contribution in [0.1, 0.15) is 73.5 Å². The first kappa shape index (κ1) is 49.3. The summed E-state index contributed by atoms with van der Waals surface area (Å²) in [5.41, 5.74) is 5.39. The van der Waals surface area contributed by atoms with Crippen molar-refractivity contribution in [3.05, 3.63) is 215 Å². The van der Waals surface area contributed by atoms with Crippen LogP contribution in [0.25, 0.3) is 7.16 Å². The fraction of sp³-hybridized carbons (Fsp3) is 0.222. The zero-order valence-corrected chi connectivity index (χ0v) is 44.2. The van der Waals surface area contributed by atoms with Gasteiger partial charge in [-0.2, -0.15) is 0 Å². The maximum absolute atomic E-state index is 13.7. The summed E-state index contributed by atoms with van der Waals surface area (Å²) >= 11 is 5.76. The largest absolute Gasteiger partial charge is 0.451 e. The number of hydrogen-bond donors (Lipinski definition) is 0. The van der Waals surface area contributed by atoms with Gasteiger partial charge in [0.25, 0.3) is 11.8 Å². The molecule has 356 valence electrons. The Bertz CT molecular complexity index is 3050. The molecule has 6 aromatic rings. The first-order chi connectivity index (χ1) is 33.5. The zero-order valence-electron chi connectivity index (χ0n) is 38.3. The van der Waals surface area contributed by atoms with Crippen LogP contribution in [0.2, 0.25) is 0 Å². The van der Waals surface area contributed by atoms with Gasteiger partial charge in [0.05, 0.1) is 29.7 Å². The molecule has 4 fully saturated rings. The van der Waals surface area contributed by atoms with Crippen LogP contribution in [0.15, 0.2) is 181 Å². The van der Waals surface area contributed by atoms with Gasteiger partial charge in [-0.1, -0.05) is 133 Å². The Morgan fingerprint density at radius 2 is 0.929 bits per heavy atom. The molecule has 4 aliphatic rings. The molecule has 0 spiro atoms. The number of ether oxygens (including phenoxy) is 2. The van der Waals surface area contributed by atoms with Crippen molar-refractivity contribution in [3.63, 3.8) is 0 Å². The maximum Gasteiger partial charge on any atom is 0.331 e. The zero-order chi connectivity index (χ0) is 49.5. The normalized spacial score (nSPS) is 22.7. The van der Waals surface area contributed by atoms with Crippen molar-refractivity contribution in [3.8, 4) is 0 Å². The Hall–Kier alpha value is -5.70. The molecule has 0 saturated carbocycles. The molecule has 0 N–H and O–H groups in total. The highest BCUT2D eigenvalue weighted by molar-refractivity contribution is 14.1. The van der Waals surface area contributed by atoms with E-state index in [4.69, 9.17) is 9.47 Å². The monoisotopic (exact) mass is 1200 g/mol. The van der Waals surface area contributed by atoms with Crippen LogP contribution in [-0.4, -0.2) is 84.3 Å². The summed E-state index contributed by atoms with van der Waals surface area (Å²) in [6.07, 6.45) is 2.00. The quantitative estimate of drug-likeness (QED) is 0.0558. The van der Waals surface area contributed by atoms with Gasteiger partial charge < -0.3 is 19.3 Å².